The third kappa shape index (κ3) is 6.81. The highest BCUT2D eigenvalue weighted by Crippen LogP contribution is 2.35. The maximum Gasteiger partial charge on any atom is 0.121 e. The van der Waals surface area contributed by atoms with Crippen LogP contribution in [0.4, 0.5) is 5.69 Å². The third-order valence-electron chi connectivity index (χ3n) is 7.16. The van der Waals surface area contributed by atoms with Gasteiger partial charge in [-0.25, -0.2) is 0 Å². The van der Waals surface area contributed by atoms with E-state index in [1.807, 2.05) is 4.90 Å². The Kier molecular flexibility index (Phi) is 10.1. The molecule has 1 heterocycles. The van der Waals surface area contributed by atoms with Gasteiger partial charge in [0.25, 0.3) is 0 Å². The molecule has 0 amide bonds. The number of β-amino-alcohol motifs (C(OH)–C–C–N with tert-alkyl or cyclic N) is 1. The average molecular weight is 451 g/mol. The van der Waals surface area contributed by atoms with E-state index < -0.39 is 24.4 Å². The topological polar surface area (TPSA) is 105 Å². The van der Waals surface area contributed by atoms with Gasteiger partial charge < -0.3 is 30.5 Å². The van der Waals surface area contributed by atoms with E-state index in [4.69, 9.17) is 4.74 Å². The highest BCUT2D eigenvalue weighted by molar-refractivity contribution is 5.52. The summed E-state index contributed by atoms with van der Waals surface area (Å²) < 4.78 is 5.53. The van der Waals surface area contributed by atoms with E-state index in [0.717, 1.165) is 43.7 Å². The number of nitrogens with one attached hydrogen (secondary N) is 1. The Morgan fingerprint density at radius 3 is 2.44 bits per heavy atom. The largest absolute Gasteiger partial charge is 0.497 e. The zero-order valence-corrected chi connectivity index (χ0v) is 19.5. The van der Waals surface area contributed by atoms with Crippen LogP contribution in [-0.4, -0.2) is 83.0 Å². The molecule has 5 N–H and O–H groups in total. The van der Waals surface area contributed by atoms with Crippen LogP contribution >= 0.6 is 0 Å². The van der Waals surface area contributed by atoms with Crippen LogP contribution in [0.3, 0.4) is 0 Å². The van der Waals surface area contributed by atoms with E-state index in [1.54, 1.807) is 7.11 Å². The molecule has 7 nitrogen and oxygen atoms in total. The number of likely N-dealkylation sites (tertiary alicyclic amines) is 1. The zero-order valence-electron chi connectivity index (χ0n) is 19.5. The molecule has 1 aromatic carbocycles. The molecule has 2 fully saturated rings. The van der Waals surface area contributed by atoms with Crippen LogP contribution in [0.1, 0.15) is 69.3 Å². The molecule has 7 heteroatoms. The molecule has 1 saturated carbocycles. The van der Waals surface area contributed by atoms with Crippen molar-refractivity contribution in [1.29, 1.82) is 0 Å². The standard InChI is InChI=1S/C25H42N2O5/c1-32-21-14-19(18-9-5-4-6-10-18)13-20(15-21)26-11-7-2-3-8-12-27-16-23(29)25(31)24(30)22(27)17-28/h13-15,18,22-26,28-31H,2-12,16-17H2,1H3/t22-,23+,24-,25-/m1/s1. The van der Waals surface area contributed by atoms with Crippen molar-refractivity contribution in [3.8, 4) is 5.75 Å². The number of benzene rings is 1. The summed E-state index contributed by atoms with van der Waals surface area (Å²) in [5, 5.41) is 42.9. The number of anilines is 1. The SMILES string of the molecule is COc1cc(NCCCCCCN2C[C@H](O)[C@@H](O)[C@H](O)[C@H]2CO)cc(C2CCCCC2)c1. The smallest absolute Gasteiger partial charge is 0.121 e. The molecule has 2 aliphatic rings. The molecule has 1 aliphatic carbocycles. The summed E-state index contributed by atoms with van der Waals surface area (Å²) in [4.78, 5) is 1.89. The van der Waals surface area contributed by atoms with Crippen LogP contribution in [0.15, 0.2) is 18.2 Å². The average Bonchev–Trinajstić information content (AvgIpc) is 2.82. The molecule has 0 unspecified atom stereocenters. The second-order valence-corrected chi connectivity index (χ2v) is 9.46. The Labute approximate surface area is 192 Å². The Bertz CT molecular complexity index is 682. The number of aliphatic hydroxyl groups is 4. The van der Waals surface area contributed by atoms with Crippen LogP contribution in [0.5, 0.6) is 5.75 Å². The van der Waals surface area contributed by atoms with Crippen LogP contribution in [0, 0.1) is 0 Å². The molecule has 0 aromatic heterocycles. The summed E-state index contributed by atoms with van der Waals surface area (Å²) in [5.74, 6) is 1.57. The van der Waals surface area contributed by atoms with Gasteiger partial charge >= 0.3 is 0 Å². The minimum absolute atomic E-state index is 0.224. The fourth-order valence-electron chi connectivity index (χ4n) is 5.18. The molecule has 1 saturated heterocycles. The van der Waals surface area contributed by atoms with Crippen molar-refractivity contribution in [3.05, 3.63) is 23.8 Å². The van der Waals surface area contributed by atoms with E-state index in [1.165, 1.54) is 37.7 Å². The summed E-state index contributed by atoms with van der Waals surface area (Å²) in [6.45, 7) is 1.66. The van der Waals surface area contributed by atoms with E-state index in [0.29, 0.717) is 12.5 Å². The number of rotatable bonds is 11. The van der Waals surface area contributed by atoms with Gasteiger partial charge in [0.1, 0.15) is 18.0 Å². The Morgan fingerprint density at radius 2 is 1.72 bits per heavy atom. The van der Waals surface area contributed by atoms with Crippen LogP contribution < -0.4 is 10.1 Å². The quantitative estimate of drug-likeness (QED) is 0.330. The van der Waals surface area contributed by atoms with Gasteiger partial charge in [-0.05, 0) is 55.8 Å². The van der Waals surface area contributed by atoms with Crippen LogP contribution in [0.25, 0.3) is 0 Å². The van der Waals surface area contributed by atoms with Crippen molar-refractivity contribution in [2.24, 2.45) is 0 Å². The summed E-state index contributed by atoms with van der Waals surface area (Å²) >= 11 is 0. The van der Waals surface area contributed by atoms with Gasteiger partial charge in [0.15, 0.2) is 0 Å². The molecule has 1 aromatic rings. The van der Waals surface area contributed by atoms with E-state index in [9.17, 15) is 20.4 Å². The monoisotopic (exact) mass is 450 g/mol. The number of unbranched alkanes of at least 4 members (excludes halogenated alkanes) is 3. The predicted octanol–water partition coefficient (Wildman–Crippen LogP) is 2.47. The van der Waals surface area contributed by atoms with E-state index in [-0.39, 0.29) is 13.2 Å². The maximum absolute atomic E-state index is 10.1. The normalized spacial score (nSPS) is 27.4. The molecule has 3 rings (SSSR count). The van der Waals surface area contributed by atoms with Gasteiger partial charge in [0.05, 0.1) is 25.9 Å². The van der Waals surface area contributed by atoms with Gasteiger partial charge in [-0.15, -0.1) is 0 Å². The fraction of sp³-hybridized carbons (Fsp3) is 0.760. The molecular formula is C25H42N2O5. The minimum atomic E-state index is -1.19. The predicted molar refractivity (Wildman–Crippen MR) is 126 cm³/mol. The number of hydrogen-bond donors (Lipinski definition) is 5. The molecule has 0 radical (unpaired) electrons. The summed E-state index contributed by atoms with van der Waals surface area (Å²) in [6.07, 6.45) is 7.36. The van der Waals surface area contributed by atoms with Crippen molar-refractivity contribution in [3.63, 3.8) is 0 Å². The number of piperidine rings is 1. The van der Waals surface area contributed by atoms with Gasteiger partial charge in [-0.1, -0.05) is 32.1 Å². The summed E-state index contributed by atoms with van der Waals surface area (Å²) in [7, 11) is 1.73. The lowest BCUT2D eigenvalue weighted by molar-refractivity contribution is -0.145. The van der Waals surface area contributed by atoms with Gasteiger partial charge in [0.2, 0.25) is 0 Å². The van der Waals surface area contributed by atoms with E-state index >= 15 is 0 Å². The molecule has 4 atom stereocenters. The molecule has 0 bridgehead atoms. The number of nitrogens with zero attached hydrogens (tertiary/aromatic N) is 1. The molecule has 0 spiro atoms. The fourth-order valence-corrected chi connectivity index (χ4v) is 5.18. The highest BCUT2D eigenvalue weighted by Gasteiger charge is 2.40. The van der Waals surface area contributed by atoms with Crippen molar-refractivity contribution >= 4 is 5.69 Å². The first kappa shape index (κ1) is 25.2. The van der Waals surface area contributed by atoms with Crippen molar-refractivity contribution < 1.29 is 25.2 Å². The Morgan fingerprint density at radius 1 is 0.969 bits per heavy atom. The number of aliphatic hydroxyl groups excluding tert-OH is 4. The molecule has 1 aliphatic heterocycles. The lowest BCUT2D eigenvalue weighted by Crippen LogP contribution is -2.62. The summed E-state index contributed by atoms with van der Waals surface area (Å²) in [5.41, 5.74) is 2.52. The van der Waals surface area contributed by atoms with E-state index in [2.05, 4.69) is 23.5 Å². The maximum atomic E-state index is 10.1. The van der Waals surface area contributed by atoms with Crippen LogP contribution in [-0.2, 0) is 0 Å². The molecule has 182 valence electrons. The lowest BCUT2D eigenvalue weighted by Gasteiger charge is -2.43. The summed E-state index contributed by atoms with van der Waals surface area (Å²) in [6, 6.07) is 6.04. The third-order valence-corrected chi connectivity index (χ3v) is 7.16. The zero-order chi connectivity index (χ0) is 22.9. The molecular weight excluding hydrogens is 408 g/mol. The highest BCUT2D eigenvalue weighted by atomic mass is 16.5. The van der Waals surface area contributed by atoms with Crippen molar-refractivity contribution in [2.75, 3.05) is 38.7 Å². The number of methoxy groups -OCH3 is 1. The Hall–Kier alpha value is -1.38. The van der Waals surface area contributed by atoms with Crippen LogP contribution in [0.2, 0.25) is 0 Å². The van der Waals surface area contributed by atoms with Crippen molar-refractivity contribution in [2.45, 2.75) is 88.1 Å². The minimum Gasteiger partial charge on any atom is -0.497 e. The number of ether oxygens (including phenoxy) is 1. The lowest BCUT2D eigenvalue weighted by atomic mass is 9.84. The second-order valence-electron chi connectivity index (χ2n) is 9.46. The second kappa shape index (κ2) is 12.8. The van der Waals surface area contributed by atoms with Gasteiger partial charge in [0, 0.05) is 24.8 Å². The van der Waals surface area contributed by atoms with Gasteiger partial charge in [-0.2, -0.15) is 0 Å². The van der Waals surface area contributed by atoms with Gasteiger partial charge in [-0.3, -0.25) is 4.90 Å². The first-order chi connectivity index (χ1) is 15.5. The van der Waals surface area contributed by atoms with Crippen molar-refractivity contribution in [1.82, 2.24) is 4.90 Å². The molecule has 32 heavy (non-hydrogen) atoms. The Balaban J connectivity index is 1.37. The first-order valence-electron chi connectivity index (χ1n) is 12.4. The number of hydrogen-bond acceptors (Lipinski definition) is 7. The first-order valence-corrected chi connectivity index (χ1v) is 12.4.